The lowest BCUT2D eigenvalue weighted by Crippen LogP contribution is -2.24. The minimum Gasteiger partial charge on any atom is -0.365 e. The van der Waals surface area contributed by atoms with Crippen LogP contribution in [0.5, 0.6) is 0 Å². The first-order valence-corrected chi connectivity index (χ1v) is 8.15. The lowest BCUT2D eigenvalue weighted by molar-refractivity contribution is 0.0968. The average molecular weight is 362 g/mol. The number of nitrogens with two attached hydrogens (primary N) is 1. The maximum absolute atomic E-state index is 12.6. The van der Waals surface area contributed by atoms with E-state index < -0.39 is 5.91 Å². The molecule has 0 aliphatic rings. The molecule has 0 aliphatic carbocycles. The van der Waals surface area contributed by atoms with Gasteiger partial charge in [0, 0.05) is 10.6 Å². The first-order valence-electron chi connectivity index (χ1n) is 6.95. The number of carbonyl (C=O) groups excluding carboxylic acids is 2. The zero-order valence-corrected chi connectivity index (χ0v) is 14.1. The van der Waals surface area contributed by atoms with Crippen molar-refractivity contribution >= 4 is 44.8 Å². The van der Waals surface area contributed by atoms with Gasteiger partial charge in [-0.25, -0.2) is 4.98 Å². The van der Waals surface area contributed by atoms with Gasteiger partial charge in [0.25, 0.3) is 11.5 Å². The van der Waals surface area contributed by atoms with Crippen LogP contribution in [0, 0.1) is 6.92 Å². The van der Waals surface area contributed by atoms with E-state index in [1.807, 2.05) is 0 Å². The molecule has 122 valence electrons. The van der Waals surface area contributed by atoms with Crippen LogP contribution in [0.2, 0.25) is 5.02 Å². The Morgan fingerprint density at radius 2 is 1.96 bits per heavy atom. The molecule has 0 spiro atoms. The SMILES string of the molecule is Cc1c(C(N)=O)sc2ncn(CC(=O)c3ccc(Cl)cc3)c(=O)c12. The smallest absolute Gasteiger partial charge is 0.262 e. The molecule has 6 nitrogen and oxygen atoms in total. The highest BCUT2D eigenvalue weighted by molar-refractivity contribution is 7.20. The first-order chi connectivity index (χ1) is 11.4. The third-order valence-corrected chi connectivity index (χ3v) is 5.09. The van der Waals surface area contributed by atoms with Crippen LogP contribution in [0.1, 0.15) is 25.6 Å². The number of rotatable bonds is 4. The monoisotopic (exact) mass is 361 g/mol. The predicted octanol–water partition coefficient (Wildman–Crippen LogP) is 2.40. The van der Waals surface area contributed by atoms with E-state index in [1.54, 1.807) is 31.2 Å². The minimum atomic E-state index is -0.598. The molecule has 1 aromatic carbocycles. The molecule has 0 saturated carbocycles. The molecular formula is C16H12ClN3O3S. The van der Waals surface area contributed by atoms with Gasteiger partial charge in [0.2, 0.25) is 0 Å². The summed E-state index contributed by atoms with van der Waals surface area (Å²) in [4.78, 5) is 41.2. The summed E-state index contributed by atoms with van der Waals surface area (Å²) in [5.74, 6) is -0.836. The normalized spacial score (nSPS) is 10.9. The first kappa shape index (κ1) is 16.4. The second kappa shape index (κ2) is 6.18. The van der Waals surface area contributed by atoms with Crippen LogP contribution in [0.15, 0.2) is 35.4 Å². The predicted molar refractivity (Wildman–Crippen MR) is 92.9 cm³/mol. The molecule has 0 aliphatic heterocycles. The van der Waals surface area contributed by atoms with Crippen LogP contribution in [0.25, 0.3) is 10.2 Å². The number of primary amides is 1. The van der Waals surface area contributed by atoms with Crippen molar-refractivity contribution in [3.8, 4) is 0 Å². The third kappa shape index (κ3) is 2.83. The lowest BCUT2D eigenvalue weighted by atomic mass is 10.1. The van der Waals surface area contributed by atoms with E-state index in [0.717, 1.165) is 11.3 Å². The number of benzene rings is 1. The van der Waals surface area contributed by atoms with Crippen LogP contribution < -0.4 is 11.3 Å². The molecule has 0 unspecified atom stereocenters. The Kier molecular flexibility index (Phi) is 4.21. The molecule has 2 aromatic heterocycles. The lowest BCUT2D eigenvalue weighted by Gasteiger charge is -2.05. The van der Waals surface area contributed by atoms with Gasteiger partial charge in [-0.05, 0) is 36.8 Å². The molecule has 0 fully saturated rings. The fourth-order valence-corrected chi connectivity index (χ4v) is 3.51. The van der Waals surface area contributed by atoms with Crippen LogP contribution >= 0.6 is 22.9 Å². The fraction of sp³-hybridized carbons (Fsp3) is 0.125. The summed E-state index contributed by atoms with van der Waals surface area (Å²) in [6.45, 7) is 1.50. The van der Waals surface area contributed by atoms with Crippen LogP contribution in [0.3, 0.4) is 0 Å². The van der Waals surface area contributed by atoms with Gasteiger partial charge in [0.05, 0.1) is 23.1 Å². The number of aryl methyl sites for hydroxylation is 1. The molecule has 3 rings (SSSR count). The third-order valence-electron chi connectivity index (χ3n) is 3.62. The second-order valence-corrected chi connectivity index (χ2v) is 6.64. The number of hydrogen-bond acceptors (Lipinski definition) is 5. The molecule has 1 amide bonds. The highest BCUT2D eigenvalue weighted by Gasteiger charge is 2.18. The molecule has 3 aromatic rings. The topological polar surface area (TPSA) is 95.1 Å². The second-order valence-electron chi connectivity index (χ2n) is 5.21. The average Bonchev–Trinajstić information content (AvgIpc) is 2.88. The molecule has 2 N–H and O–H groups in total. The van der Waals surface area contributed by atoms with Crippen LogP contribution in [0.4, 0.5) is 0 Å². The Balaban J connectivity index is 2.01. The van der Waals surface area contributed by atoms with E-state index in [9.17, 15) is 14.4 Å². The number of carbonyl (C=O) groups is 2. The number of amides is 1. The van der Waals surface area contributed by atoms with Crippen molar-refractivity contribution in [2.45, 2.75) is 13.5 Å². The largest absolute Gasteiger partial charge is 0.365 e. The number of thiophene rings is 1. The molecule has 24 heavy (non-hydrogen) atoms. The van der Waals surface area contributed by atoms with Gasteiger partial charge in [0.1, 0.15) is 4.83 Å². The molecule has 0 radical (unpaired) electrons. The van der Waals surface area contributed by atoms with Crippen molar-refractivity contribution in [1.82, 2.24) is 9.55 Å². The molecule has 8 heteroatoms. The summed E-state index contributed by atoms with van der Waals surface area (Å²) in [6.07, 6.45) is 1.30. The summed E-state index contributed by atoms with van der Waals surface area (Å²) >= 11 is 6.87. The van der Waals surface area contributed by atoms with E-state index in [2.05, 4.69) is 4.98 Å². The Hall–Kier alpha value is -2.51. The van der Waals surface area contributed by atoms with Crippen molar-refractivity contribution in [3.05, 3.63) is 62.0 Å². The van der Waals surface area contributed by atoms with Gasteiger partial charge >= 0.3 is 0 Å². The number of nitrogens with zero attached hydrogens (tertiary/aromatic N) is 2. The van der Waals surface area contributed by atoms with E-state index in [0.29, 0.717) is 31.2 Å². The summed E-state index contributed by atoms with van der Waals surface area (Å²) in [5.41, 5.74) is 5.88. The van der Waals surface area contributed by atoms with Crippen LogP contribution in [-0.2, 0) is 6.54 Å². The van der Waals surface area contributed by atoms with E-state index >= 15 is 0 Å². The highest BCUT2D eigenvalue weighted by Crippen LogP contribution is 2.26. The number of halogens is 1. The fourth-order valence-electron chi connectivity index (χ4n) is 2.39. The van der Waals surface area contributed by atoms with Gasteiger partial charge in [-0.1, -0.05) is 11.6 Å². The maximum Gasteiger partial charge on any atom is 0.262 e. The molecular weight excluding hydrogens is 350 g/mol. The molecule has 0 bridgehead atoms. The Labute approximate surface area is 145 Å². The zero-order valence-electron chi connectivity index (χ0n) is 12.6. The van der Waals surface area contributed by atoms with E-state index in [4.69, 9.17) is 17.3 Å². The number of hydrogen-bond donors (Lipinski definition) is 1. The zero-order chi connectivity index (χ0) is 17.4. The number of fused-ring (bicyclic) bond motifs is 1. The quantitative estimate of drug-likeness (QED) is 0.722. The summed E-state index contributed by atoms with van der Waals surface area (Å²) < 4.78 is 1.23. The standard InChI is InChI=1S/C16H12ClN3O3S/c1-8-12-15(24-13(8)14(18)22)19-7-20(16(12)23)6-11(21)9-2-4-10(17)5-3-9/h2-5,7H,6H2,1H3,(H2,18,22). The van der Waals surface area contributed by atoms with Crippen LogP contribution in [-0.4, -0.2) is 21.2 Å². The van der Waals surface area contributed by atoms with Gasteiger partial charge in [-0.15, -0.1) is 11.3 Å². The van der Waals surface area contributed by atoms with Gasteiger partial charge in [-0.3, -0.25) is 19.0 Å². The molecule has 0 saturated heterocycles. The highest BCUT2D eigenvalue weighted by atomic mass is 35.5. The van der Waals surface area contributed by atoms with E-state index in [-0.39, 0.29) is 17.9 Å². The Morgan fingerprint density at radius 3 is 2.58 bits per heavy atom. The number of aromatic nitrogens is 2. The Morgan fingerprint density at radius 1 is 1.29 bits per heavy atom. The van der Waals surface area contributed by atoms with E-state index in [1.165, 1.54) is 10.9 Å². The molecule has 0 atom stereocenters. The summed E-state index contributed by atoms with van der Waals surface area (Å²) in [5, 5.41) is 0.847. The van der Waals surface area contributed by atoms with Gasteiger partial charge < -0.3 is 5.73 Å². The van der Waals surface area contributed by atoms with Crippen molar-refractivity contribution in [2.24, 2.45) is 5.73 Å². The molecule has 2 heterocycles. The summed E-state index contributed by atoms with van der Waals surface area (Å²) in [7, 11) is 0. The Bertz CT molecular complexity index is 1020. The van der Waals surface area contributed by atoms with Gasteiger partial charge in [-0.2, -0.15) is 0 Å². The van der Waals surface area contributed by atoms with Crippen molar-refractivity contribution in [3.63, 3.8) is 0 Å². The number of ketones is 1. The van der Waals surface area contributed by atoms with Gasteiger partial charge in [0.15, 0.2) is 5.78 Å². The minimum absolute atomic E-state index is 0.148. The summed E-state index contributed by atoms with van der Waals surface area (Å²) in [6, 6.07) is 6.42. The van der Waals surface area contributed by atoms with Crippen molar-refractivity contribution < 1.29 is 9.59 Å². The van der Waals surface area contributed by atoms with Crippen molar-refractivity contribution in [2.75, 3.05) is 0 Å². The maximum atomic E-state index is 12.6. The van der Waals surface area contributed by atoms with Crippen molar-refractivity contribution in [1.29, 1.82) is 0 Å². The number of Topliss-reactive ketones (excluding diaryl/α,β-unsaturated/α-hetero) is 1.